The van der Waals surface area contributed by atoms with Crippen LogP contribution in [0, 0.1) is 23.2 Å². The van der Waals surface area contributed by atoms with Gasteiger partial charge in [-0.3, -0.25) is 4.79 Å². The van der Waals surface area contributed by atoms with Gasteiger partial charge in [-0.25, -0.2) is 0 Å². The number of fused-ring (bicyclic) bond motifs is 3. The number of methoxy groups -OCH3 is 1. The number of benzene rings is 1. The highest BCUT2D eigenvalue weighted by Crippen LogP contribution is 2.62. The number of hydrogen-bond donors (Lipinski definition) is 1. The predicted octanol–water partition coefficient (Wildman–Crippen LogP) is 2.33. The van der Waals surface area contributed by atoms with Crippen molar-refractivity contribution in [2.75, 3.05) is 26.8 Å². The molecule has 1 aromatic rings. The van der Waals surface area contributed by atoms with Gasteiger partial charge in [0.2, 0.25) is 0 Å². The molecule has 5 nitrogen and oxygen atoms in total. The zero-order valence-electron chi connectivity index (χ0n) is 17.7. The lowest BCUT2D eigenvalue weighted by atomic mass is 9.53. The van der Waals surface area contributed by atoms with E-state index in [4.69, 9.17) is 14.2 Å². The van der Waals surface area contributed by atoms with Gasteiger partial charge in [-0.1, -0.05) is 19.1 Å². The molecule has 1 spiro atoms. The molecular formula is C24H34NO4+. The lowest BCUT2D eigenvalue weighted by Crippen LogP contribution is -2.86. The second-order valence-corrected chi connectivity index (χ2v) is 10.0. The third kappa shape index (κ3) is 3.46. The Kier molecular flexibility index (Phi) is 4.86. The van der Waals surface area contributed by atoms with Crippen LogP contribution >= 0.6 is 0 Å². The minimum Gasteiger partial charge on any atom is -0.497 e. The summed E-state index contributed by atoms with van der Waals surface area (Å²) in [5, 5.41) is 2.30. The molecule has 5 rings (SSSR count). The molecule has 4 fully saturated rings. The Morgan fingerprint density at radius 1 is 1.24 bits per heavy atom. The third-order valence-corrected chi connectivity index (χ3v) is 8.30. The average Bonchev–Trinajstić information content (AvgIpc) is 3.41. The molecule has 1 aromatic carbocycles. The number of quaternary nitrogens is 1. The molecule has 0 aromatic heterocycles. The van der Waals surface area contributed by atoms with E-state index in [1.807, 2.05) is 12.1 Å². The van der Waals surface area contributed by atoms with Crippen LogP contribution in [-0.2, 0) is 20.7 Å². The highest BCUT2D eigenvalue weighted by atomic mass is 16.6. The van der Waals surface area contributed by atoms with E-state index in [9.17, 15) is 4.79 Å². The lowest BCUT2D eigenvalue weighted by molar-refractivity contribution is -0.658. The summed E-state index contributed by atoms with van der Waals surface area (Å²) in [6.07, 6.45) is 6.96. The van der Waals surface area contributed by atoms with Crippen LogP contribution in [-0.4, -0.2) is 44.5 Å². The highest BCUT2D eigenvalue weighted by molar-refractivity contribution is 5.75. The Balaban J connectivity index is 1.18. The molecule has 0 radical (unpaired) electrons. The van der Waals surface area contributed by atoms with E-state index < -0.39 is 0 Å². The van der Waals surface area contributed by atoms with E-state index in [1.54, 1.807) is 7.11 Å². The summed E-state index contributed by atoms with van der Waals surface area (Å²) in [5.41, 5.74) is 1.72. The number of rotatable bonds is 6. The van der Waals surface area contributed by atoms with Crippen LogP contribution in [0.25, 0.3) is 0 Å². The fourth-order valence-electron chi connectivity index (χ4n) is 6.58. The molecule has 29 heavy (non-hydrogen) atoms. The first-order valence-electron chi connectivity index (χ1n) is 11.3. The molecule has 2 aliphatic heterocycles. The van der Waals surface area contributed by atoms with Crippen molar-refractivity contribution in [1.82, 2.24) is 0 Å². The molecule has 0 bridgehead atoms. The topological polar surface area (TPSA) is 64.7 Å². The molecule has 158 valence electrons. The van der Waals surface area contributed by atoms with Crippen LogP contribution in [0.1, 0.15) is 44.6 Å². The molecule has 2 saturated heterocycles. The molecule has 2 heterocycles. The van der Waals surface area contributed by atoms with Crippen molar-refractivity contribution in [2.24, 2.45) is 23.2 Å². The summed E-state index contributed by atoms with van der Waals surface area (Å²) in [7, 11) is 1.69. The molecule has 2 N–H and O–H groups in total. The van der Waals surface area contributed by atoms with Crippen molar-refractivity contribution in [2.45, 2.75) is 57.2 Å². The summed E-state index contributed by atoms with van der Waals surface area (Å²) in [5.74, 6) is 1.94. The Morgan fingerprint density at radius 3 is 2.76 bits per heavy atom. The second kappa shape index (κ2) is 7.28. The van der Waals surface area contributed by atoms with Crippen molar-refractivity contribution in [3.63, 3.8) is 0 Å². The monoisotopic (exact) mass is 400 g/mol. The smallest absolute Gasteiger partial charge is 0.315 e. The van der Waals surface area contributed by atoms with Gasteiger partial charge >= 0.3 is 5.97 Å². The van der Waals surface area contributed by atoms with Gasteiger partial charge in [0.1, 0.15) is 17.8 Å². The van der Waals surface area contributed by atoms with Crippen LogP contribution in [0.2, 0.25) is 0 Å². The fraction of sp³-hybridized carbons (Fsp3) is 0.708. The Hall–Kier alpha value is -1.59. The number of ether oxygens (including phenoxy) is 3. The number of epoxide rings is 1. The first-order valence-corrected chi connectivity index (χ1v) is 11.3. The normalized spacial score (nSPS) is 40.3. The zero-order chi connectivity index (χ0) is 20.1. The van der Waals surface area contributed by atoms with Gasteiger partial charge in [0.25, 0.3) is 0 Å². The number of esters is 1. The van der Waals surface area contributed by atoms with Crippen molar-refractivity contribution < 1.29 is 24.3 Å². The maximum atomic E-state index is 12.7. The quantitative estimate of drug-likeness (QED) is 0.452. The zero-order valence-corrected chi connectivity index (χ0v) is 17.7. The summed E-state index contributed by atoms with van der Waals surface area (Å²) >= 11 is 0. The van der Waals surface area contributed by atoms with Crippen LogP contribution < -0.4 is 10.1 Å². The van der Waals surface area contributed by atoms with E-state index in [2.05, 4.69) is 24.4 Å². The van der Waals surface area contributed by atoms with Gasteiger partial charge in [0.05, 0.1) is 32.4 Å². The van der Waals surface area contributed by atoms with Crippen molar-refractivity contribution >= 4 is 5.97 Å². The summed E-state index contributed by atoms with van der Waals surface area (Å²) in [4.78, 5) is 12.7. The van der Waals surface area contributed by atoms with Gasteiger partial charge in [-0.2, -0.15) is 0 Å². The summed E-state index contributed by atoms with van der Waals surface area (Å²) in [6, 6.07) is 8.25. The maximum absolute atomic E-state index is 12.7. The standard InChI is InChI=1S/C24H33NO4/c1-23-9-3-10-24(15-28-24)21(23)12-18-19(22(26)29-20(18)13-23)14-25-11-8-16-4-6-17(27-2)7-5-16/h4-7,18-21,25H,3,8-15H2,1-2H3/p+1/t18-,19+,20-,21+,23-,24+/m1/s1. The van der Waals surface area contributed by atoms with E-state index in [-0.39, 0.29) is 29.0 Å². The second-order valence-electron chi connectivity index (χ2n) is 10.0. The maximum Gasteiger partial charge on any atom is 0.315 e. The van der Waals surface area contributed by atoms with Gasteiger partial charge in [0, 0.05) is 12.3 Å². The molecule has 2 aliphatic carbocycles. The van der Waals surface area contributed by atoms with Crippen molar-refractivity contribution in [1.29, 1.82) is 0 Å². The largest absolute Gasteiger partial charge is 0.497 e. The number of hydrogen-bond acceptors (Lipinski definition) is 4. The molecule has 4 aliphatic rings. The van der Waals surface area contributed by atoms with Crippen LogP contribution in [0.15, 0.2) is 24.3 Å². The first kappa shape index (κ1) is 19.4. The molecule has 6 atom stereocenters. The van der Waals surface area contributed by atoms with Crippen molar-refractivity contribution in [3.05, 3.63) is 29.8 Å². The summed E-state index contributed by atoms with van der Waals surface area (Å²) < 4.78 is 17.1. The fourth-order valence-corrected chi connectivity index (χ4v) is 6.58. The minimum atomic E-state index is 0.0358. The van der Waals surface area contributed by atoms with E-state index in [0.29, 0.717) is 11.8 Å². The number of carbonyl (C=O) groups excluding carboxylic acids is 1. The minimum absolute atomic E-state index is 0.0358. The molecule has 5 heteroatoms. The van der Waals surface area contributed by atoms with E-state index in [1.165, 1.54) is 24.8 Å². The predicted molar refractivity (Wildman–Crippen MR) is 109 cm³/mol. The first-order chi connectivity index (χ1) is 14.0. The van der Waals surface area contributed by atoms with Gasteiger partial charge in [-0.05, 0) is 61.1 Å². The number of nitrogens with two attached hydrogens (primary N) is 1. The van der Waals surface area contributed by atoms with Crippen LogP contribution in [0.4, 0.5) is 0 Å². The highest BCUT2D eigenvalue weighted by Gasteiger charge is 2.65. The molecular weight excluding hydrogens is 366 g/mol. The molecule has 2 saturated carbocycles. The van der Waals surface area contributed by atoms with E-state index >= 15 is 0 Å². The summed E-state index contributed by atoms with van der Waals surface area (Å²) in [6.45, 7) is 5.17. The lowest BCUT2D eigenvalue weighted by Gasteiger charge is -2.51. The van der Waals surface area contributed by atoms with E-state index in [0.717, 1.165) is 44.7 Å². The Morgan fingerprint density at radius 2 is 2.03 bits per heavy atom. The Labute approximate surface area is 173 Å². The van der Waals surface area contributed by atoms with Crippen LogP contribution in [0.5, 0.6) is 5.75 Å². The SMILES string of the molecule is COc1ccc(CC[NH2+]C[C@@H]2C(=O)O[C@@H]3C[C@@]4(C)CCC[C@]5(CO5)[C@H]4C[C@H]23)cc1. The van der Waals surface area contributed by atoms with Crippen LogP contribution in [0.3, 0.4) is 0 Å². The Bertz CT molecular complexity index is 759. The average molecular weight is 401 g/mol. The number of carbonyl (C=O) groups is 1. The third-order valence-electron chi connectivity index (χ3n) is 8.30. The van der Waals surface area contributed by atoms with Crippen molar-refractivity contribution in [3.8, 4) is 5.75 Å². The van der Waals surface area contributed by atoms with Gasteiger partial charge in [-0.15, -0.1) is 0 Å². The van der Waals surface area contributed by atoms with Gasteiger partial charge in [0.15, 0.2) is 0 Å². The van der Waals surface area contributed by atoms with Gasteiger partial charge < -0.3 is 19.5 Å². The molecule has 0 amide bonds. The molecule has 0 unspecified atom stereocenters.